The second-order valence-corrected chi connectivity index (χ2v) is 5.90. The van der Waals surface area contributed by atoms with Gasteiger partial charge in [-0.2, -0.15) is 0 Å². The number of benzene rings is 2. The summed E-state index contributed by atoms with van der Waals surface area (Å²) in [6.45, 7) is 1.62. The van der Waals surface area contributed by atoms with Crippen molar-refractivity contribution < 1.29 is 9.13 Å². The highest BCUT2D eigenvalue weighted by Gasteiger charge is 2.25. The quantitative estimate of drug-likeness (QED) is 0.887. The molecule has 0 saturated carbocycles. The maximum Gasteiger partial charge on any atom is 0.165 e. The van der Waals surface area contributed by atoms with Gasteiger partial charge in [-0.3, -0.25) is 0 Å². The lowest BCUT2D eigenvalue weighted by Gasteiger charge is -2.34. The van der Waals surface area contributed by atoms with E-state index >= 15 is 0 Å². The van der Waals surface area contributed by atoms with E-state index in [1.54, 1.807) is 6.07 Å². The normalized spacial score (nSPS) is 21.1. The first-order valence-electron chi connectivity index (χ1n) is 8.12. The highest BCUT2D eigenvalue weighted by molar-refractivity contribution is 5.35. The zero-order chi connectivity index (χ0) is 16.1. The summed E-state index contributed by atoms with van der Waals surface area (Å²) in [7, 11) is 1.51. The van der Waals surface area contributed by atoms with E-state index in [4.69, 9.17) is 4.74 Å². The number of nitrogens with one attached hydrogen (secondary N) is 2. The van der Waals surface area contributed by atoms with Gasteiger partial charge >= 0.3 is 0 Å². The number of para-hydroxylation sites is 1. The van der Waals surface area contributed by atoms with Crippen molar-refractivity contribution in [2.24, 2.45) is 0 Å². The van der Waals surface area contributed by atoms with Gasteiger partial charge in [-0.1, -0.05) is 42.5 Å². The van der Waals surface area contributed by atoms with Gasteiger partial charge in [0.25, 0.3) is 0 Å². The Morgan fingerprint density at radius 3 is 2.78 bits per heavy atom. The van der Waals surface area contributed by atoms with Crippen molar-refractivity contribution in [2.75, 3.05) is 13.7 Å². The van der Waals surface area contributed by atoms with Gasteiger partial charge in [0.1, 0.15) is 0 Å². The van der Waals surface area contributed by atoms with Crippen molar-refractivity contribution >= 4 is 0 Å². The molecule has 122 valence electrons. The monoisotopic (exact) mass is 314 g/mol. The van der Waals surface area contributed by atoms with Gasteiger partial charge < -0.3 is 15.4 Å². The highest BCUT2D eigenvalue weighted by Crippen LogP contribution is 2.26. The number of hydrogen-bond donors (Lipinski definition) is 2. The molecule has 2 unspecified atom stereocenters. The summed E-state index contributed by atoms with van der Waals surface area (Å²) < 4.78 is 19.0. The summed E-state index contributed by atoms with van der Waals surface area (Å²) in [5, 5.41) is 7.17. The lowest BCUT2D eigenvalue weighted by molar-refractivity contribution is 0.302. The van der Waals surface area contributed by atoms with Crippen molar-refractivity contribution in [3.63, 3.8) is 0 Å². The average Bonchev–Trinajstić information content (AvgIpc) is 2.61. The van der Waals surface area contributed by atoms with Crippen LogP contribution in [-0.4, -0.2) is 19.7 Å². The Morgan fingerprint density at radius 1 is 1.17 bits per heavy atom. The van der Waals surface area contributed by atoms with Gasteiger partial charge in [0.05, 0.1) is 7.11 Å². The van der Waals surface area contributed by atoms with E-state index in [2.05, 4.69) is 34.9 Å². The standard InChI is InChI=1S/C19H23FN2O/c1-23-19-15(9-5-10-16(19)20)13-22-17-11-6-12-21-18(17)14-7-3-2-4-8-14/h2-5,7-10,17-18,21-22H,6,11-13H2,1H3. The van der Waals surface area contributed by atoms with E-state index < -0.39 is 0 Å². The lowest BCUT2D eigenvalue weighted by Crippen LogP contribution is -2.45. The zero-order valence-corrected chi connectivity index (χ0v) is 13.4. The van der Waals surface area contributed by atoms with Crippen molar-refractivity contribution in [3.8, 4) is 5.75 Å². The minimum Gasteiger partial charge on any atom is -0.493 e. The van der Waals surface area contributed by atoms with Gasteiger partial charge in [-0.25, -0.2) is 4.39 Å². The van der Waals surface area contributed by atoms with Crippen LogP contribution in [0.15, 0.2) is 48.5 Å². The molecule has 1 saturated heterocycles. The zero-order valence-electron chi connectivity index (χ0n) is 13.4. The fourth-order valence-electron chi connectivity index (χ4n) is 3.28. The number of methoxy groups -OCH3 is 1. The molecule has 2 aromatic carbocycles. The van der Waals surface area contributed by atoms with E-state index in [-0.39, 0.29) is 11.9 Å². The van der Waals surface area contributed by atoms with Crippen LogP contribution in [0, 0.1) is 5.82 Å². The maximum atomic E-state index is 13.8. The van der Waals surface area contributed by atoms with Gasteiger partial charge in [0, 0.05) is 24.2 Å². The SMILES string of the molecule is COc1c(F)cccc1CNC1CCCNC1c1ccccc1. The number of rotatable bonds is 5. The molecule has 1 heterocycles. The molecule has 2 N–H and O–H groups in total. The van der Waals surface area contributed by atoms with Crippen molar-refractivity contribution in [2.45, 2.75) is 31.5 Å². The summed E-state index contributed by atoms with van der Waals surface area (Å²) in [6, 6.07) is 16.1. The Balaban J connectivity index is 1.72. The van der Waals surface area contributed by atoms with Crippen LogP contribution in [0.25, 0.3) is 0 Å². The lowest BCUT2D eigenvalue weighted by atomic mass is 9.92. The predicted octanol–water partition coefficient (Wildman–Crippen LogP) is 3.42. The predicted molar refractivity (Wildman–Crippen MR) is 90.0 cm³/mol. The Labute approximate surface area is 136 Å². The van der Waals surface area contributed by atoms with Crippen LogP contribution in [-0.2, 0) is 6.54 Å². The molecule has 0 amide bonds. The summed E-state index contributed by atoms with van der Waals surface area (Å²) in [4.78, 5) is 0. The Kier molecular flexibility index (Phi) is 5.26. The minimum atomic E-state index is -0.312. The van der Waals surface area contributed by atoms with Gasteiger partial charge in [-0.05, 0) is 31.0 Å². The first kappa shape index (κ1) is 16.0. The first-order valence-corrected chi connectivity index (χ1v) is 8.12. The van der Waals surface area contributed by atoms with Crippen molar-refractivity contribution in [3.05, 3.63) is 65.5 Å². The number of ether oxygens (including phenoxy) is 1. The summed E-state index contributed by atoms with van der Waals surface area (Å²) in [6.07, 6.45) is 2.24. The molecule has 3 nitrogen and oxygen atoms in total. The molecule has 2 aromatic rings. The van der Waals surface area contributed by atoms with Crippen LogP contribution in [0.1, 0.15) is 30.0 Å². The smallest absolute Gasteiger partial charge is 0.165 e. The third-order valence-corrected chi connectivity index (χ3v) is 4.42. The van der Waals surface area contributed by atoms with Crippen LogP contribution in [0.3, 0.4) is 0 Å². The van der Waals surface area contributed by atoms with E-state index in [0.717, 1.165) is 24.9 Å². The van der Waals surface area contributed by atoms with Crippen molar-refractivity contribution in [1.82, 2.24) is 10.6 Å². The largest absolute Gasteiger partial charge is 0.493 e. The third-order valence-electron chi connectivity index (χ3n) is 4.42. The summed E-state index contributed by atoms with van der Waals surface area (Å²) >= 11 is 0. The molecule has 1 aliphatic rings. The van der Waals surface area contributed by atoms with Gasteiger partial charge in [-0.15, -0.1) is 0 Å². The molecule has 4 heteroatoms. The Hall–Kier alpha value is -1.91. The number of hydrogen-bond acceptors (Lipinski definition) is 3. The van der Waals surface area contributed by atoms with Crippen LogP contribution in [0.4, 0.5) is 4.39 Å². The second-order valence-electron chi connectivity index (χ2n) is 5.90. The van der Waals surface area contributed by atoms with Gasteiger partial charge in [0.15, 0.2) is 11.6 Å². The molecule has 0 radical (unpaired) electrons. The molecular weight excluding hydrogens is 291 g/mol. The van der Waals surface area contributed by atoms with Crippen LogP contribution in [0.2, 0.25) is 0 Å². The molecule has 3 rings (SSSR count). The number of piperidine rings is 1. The Morgan fingerprint density at radius 2 is 2.00 bits per heavy atom. The molecule has 0 aliphatic carbocycles. The van der Waals surface area contributed by atoms with E-state index in [1.165, 1.54) is 18.7 Å². The molecule has 23 heavy (non-hydrogen) atoms. The average molecular weight is 314 g/mol. The maximum absolute atomic E-state index is 13.8. The second kappa shape index (κ2) is 7.57. The minimum absolute atomic E-state index is 0.282. The molecule has 1 fully saturated rings. The summed E-state index contributed by atoms with van der Waals surface area (Å²) in [5.41, 5.74) is 2.14. The fraction of sp³-hybridized carbons (Fsp3) is 0.368. The highest BCUT2D eigenvalue weighted by atomic mass is 19.1. The Bertz CT molecular complexity index is 633. The van der Waals surface area contributed by atoms with E-state index in [1.807, 2.05) is 12.1 Å². The van der Waals surface area contributed by atoms with Crippen molar-refractivity contribution in [1.29, 1.82) is 0 Å². The molecule has 2 atom stereocenters. The first-order chi connectivity index (χ1) is 11.3. The van der Waals surface area contributed by atoms with E-state index in [0.29, 0.717) is 18.3 Å². The molecule has 0 bridgehead atoms. The number of halogens is 1. The molecule has 0 spiro atoms. The molecule has 0 aromatic heterocycles. The van der Waals surface area contributed by atoms with Crippen LogP contribution < -0.4 is 15.4 Å². The van der Waals surface area contributed by atoms with E-state index in [9.17, 15) is 4.39 Å². The third kappa shape index (κ3) is 3.71. The van der Waals surface area contributed by atoms with Crippen LogP contribution in [0.5, 0.6) is 5.75 Å². The van der Waals surface area contributed by atoms with Gasteiger partial charge in [0.2, 0.25) is 0 Å². The summed E-state index contributed by atoms with van der Waals surface area (Å²) in [5.74, 6) is 0.0215. The molecular formula is C19H23FN2O. The topological polar surface area (TPSA) is 33.3 Å². The fourth-order valence-corrected chi connectivity index (χ4v) is 3.28. The van der Waals surface area contributed by atoms with Crippen LogP contribution >= 0.6 is 0 Å². The molecule has 1 aliphatic heterocycles.